The molecule has 0 unspecified atom stereocenters. The molecule has 1 aromatic heterocycles. The number of alkyl carbamates (subject to hydrolysis) is 1. The van der Waals surface area contributed by atoms with Gasteiger partial charge in [-0.1, -0.05) is 83.9 Å². The van der Waals surface area contributed by atoms with Crippen LogP contribution in [0.15, 0.2) is 102 Å². The highest BCUT2D eigenvalue weighted by Gasteiger charge is 2.39. The molecule has 1 aliphatic carbocycles. The van der Waals surface area contributed by atoms with Crippen LogP contribution in [0.3, 0.4) is 0 Å². The highest BCUT2D eigenvalue weighted by atomic mass is 32.1. The second-order valence-electron chi connectivity index (χ2n) is 10.2. The van der Waals surface area contributed by atoms with Crippen LogP contribution in [0.25, 0.3) is 21.7 Å². The van der Waals surface area contributed by atoms with E-state index in [1.807, 2.05) is 48.5 Å². The van der Waals surface area contributed by atoms with Crippen LogP contribution in [0.5, 0.6) is 0 Å². The van der Waals surface area contributed by atoms with Gasteiger partial charge < -0.3 is 14.9 Å². The molecule has 2 heterocycles. The van der Waals surface area contributed by atoms with Crippen molar-refractivity contribution in [3.05, 3.63) is 136 Å². The van der Waals surface area contributed by atoms with E-state index < -0.39 is 23.9 Å². The third kappa shape index (κ3) is 4.91. The molecule has 4 aromatic carbocycles. The number of thiazole rings is 1. The maximum Gasteiger partial charge on any atom is 0.407 e. The van der Waals surface area contributed by atoms with Crippen LogP contribution in [0.1, 0.15) is 53.8 Å². The number of benzene rings is 4. The van der Waals surface area contributed by atoms with Gasteiger partial charge in [-0.05, 0) is 46.0 Å². The zero-order chi connectivity index (χ0) is 30.2. The molecule has 7 rings (SSSR count). The predicted octanol–water partition coefficient (Wildman–Crippen LogP) is 6.22. The second-order valence-corrected chi connectivity index (χ2v) is 11.1. The molecule has 0 spiro atoms. The zero-order valence-corrected chi connectivity index (χ0v) is 23.9. The van der Waals surface area contributed by atoms with Gasteiger partial charge in [0.1, 0.15) is 11.6 Å². The minimum absolute atomic E-state index is 0.0284. The van der Waals surface area contributed by atoms with Crippen molar-refractivity contribution in [2.24, 2.45) is 0 Å². The Bertz CT molecular complexity index is 1890. The molecule has 0 atom stereocenters. The van der Waals surface area contributed by atoms with Crippen LogP contribution in [0, 0.1) is 0 Å². The summed E-state index contributed by atoms with van der Waals surface area (Å²) in [6.07, 6.45) is -0.523. The standard InChI is InChI=1S/C34H23N3O6S/c38-31-26-14-5-6-15-27(26)32(39)37(31)43-33(40)29-19-44-30(36-29)21-9-7-8-20(16-21)17-35-34(41)42-18-28-24-12-3-1-10-22(24)23-11-2-4-13-25(23)28/h1-16,19,28H,17-18H2,(H,35,41). The van der Waals surface area contributed by atoms with Gasteiger partial charge in [0.15, 0.2) is 5.69 Å². The lowest BCUT2D eigenvalue weighted by Crippen LogP contribution is -2.32. The van der Waals surface area contributed by atoms with Crippen molar-refractivity contribution in [3.63, 3.8) is 0 Å². The molecule has 5 aromatic rings. The first-order valence-electron chi connectivity index (χ1n) is 13.8. The number of carbonyl (C=O) groups is 4. The zero-order valence-electron chi connectivity index (χ0n) is 23.1. The summed E-state index contributed by atoms with van der Waals surface area (Å²) >= 11 is 1.21. The highest BCUT2D eigenvalue weighted by Crippen LogP contribution is 2.44. The number of hydrogen-bond donors (Lipinski definition) is 1. The van der Waals surface area contributed by atoms with E-state index in [4.69, 9.17) is 9.57 Å². The molecule has 0 radical (unpaired) electrons. The Balaban J connectivity index is 0.964. The number of ether oxygens (including phenoxy) is 1. The fourth-order valence-electron chi connectivity index (χ4n) is 5.52. The van der Waals surface area contributed by atoms with Gasteiger partial charge >= 0.3 is 12.1 Å². The molecule has 10 heteroatoms. The van der Waals surface area contributed by atoms with E-state index in [0.717, 1.165) is 33.4 Å². The maximum absolute atomic E-state index is 12.7. The van der Waals surface area contributed by atoms with Gasteiger partial charge in [0, 0.05) is 23.4 Å². The van der Waals surface area contributed by atoms with E-state index in [0.29, 0.717) is 10.1 Å². The fourth-order valence-corrected chi connectivity index (χ4v) is 6.30. The van der Waals surface area contributed by atoms with E-state index in [1.54, 1.807) is 12.1 Å². The molecule has 3 amide bonds. The molecular formula is C34H23N3O6S. The Hall–Kier alpha value is -5.61. The lowest BCUT2D eigenvalue weighted by atomic mass is 9.98. The smallest absolute Gasteiger partial charge is 0.407 e. The third-order valence-electron chi connectivity index (χ3n) is 7.60. The summed E-state index contributed by atoms with van der Waals surface area (Å²) < 4.78 is 5.63. The monoisotopic (exact) mass is 601 g/mol. The molecule has 216 valence electrons. The van der Waals surface area contributed by atoms with Crippen molar-refractivity contribution in [3.8, 4) is 21.7 Å². The van der Waals surface area contributed by atoms with Crippen molar-refractivity contribution in [2.45, 2.75) is 12.5 Å². The van der Waals surface area contributed by atoms with E-state index in [-0.39, 0.29) is 35.9 Å². The Morgan fingerprint density at radius 3 is 2.07 bits per heavy atom. The third-order valence-corrected chi connectivity index (χ3v) is 8.49. The number of imide groups is 1. The molecule has 44 heavy (non-hydrogen) atoms. The van der Waals surface area contributed by atoms with Gasteiger partial charge in [0.05, 0.1) is 11.1 Å². The van der Waals surface area contributed by atoms with Gasteiger partial charge in [-0.25, -0.2) is 14.6 Å². The molecule has 0 saturated carbocycles. The van der Waals surface area contributed by atoms with Crippen LogP contribution in [0.2, 0.25) is 0 Å². The minimum Gasteiger partial charge on any atom is -0.449 e. The minimum atomic E-state index is -0.921. The Kier molecular flexibility index (Phi) is 6.95. The number of nitrogens with one attached hydrogen (secondary N) is 1. The number of hydrogen-bond acceptors (Lipinski definition) is 8. The summed E-state index contributed by atoms with van der Waals surface area (Å²) in [4.78, 5) is 59.9. The molecule has 1 N–H and O–H groups in total. The van der Waals surface area contributed by atoms with Crippen LogP contribution in [-0.2, 0) is 16.1 Å². The lowest BCUT2D eigenvalue weighted by molar-refractivity contribution is -0.0587. The molecule has 9 nitrogen and oxygen atoms in total. The molecule has 0 bridgehead atoms. The number of fused-ring (bicyclic) bond motifs is 4. The largest absolute Gasteiger partial charge is 0.449 e. The van der Waals surface area contributed by atoms with Crippen LogP contribution in [-0.4, -0.2) is 40.5 Å². The van der Waals surface area contributed by atoms with Gasteiger partial charge in [0.2, 0.25) is 0 Å². The predicted molar refractivity (Wildman–Crippen MR) is 162 cm³/mol. The van der Waals surface area contributed by atoms with Gasteiger partial charge in [0.25, 0.3) is 11.8 Å². The first-order valence-corrected chi connectivity index (χ1v) is 14.7. The van der Waals surface area contributed by atoms with Crippen LogP contribution < -0.4 is 5.32 Å². The SMILES string of the molecule is O=C(NCc1cccc(-c2nc(C(=O)ON3C(=O)c4ccccc4C3=O)cs2)c1)OCC1c2ccccc2-c2ccccc21. The van der Waals surface area contributed by atoms with Gasteiger partial charge in [-0.3, -0.25) is 9.59 Å². The summed E-state index contributed by atoms with van der Waals surface area (Å²) in [6.45, 7) is 0.448. The van der Waals surface area contributed by atoms with Gasteiger partial charge in [-0.2, -0.15) is 0 Å². The van der Waals surface area contributed by atoms with E-state index in [2.05, 4.69) is 34.6 Å². The van der Waals surface area contributed by atoms with Crippen LogP contribution >= 0.6 is 11.3 Å². The van der Waals surface area contributed by atoms with E-state index >= 15 is 0 Å². The van der Waals surface area contributed by atoms with Crippen molar-refractivity contribution < 1.29 is 28.8 Å². The van der Waals surface area contributed by atoms with Crippen molar-refractivity contribution in [1.82, 2.24) is 15.4 Å². The normalized spacial score (nSPS) is 13.3. The fraction of sp³-hybridized carbons (Fsp3) is 0.0882. The number of hydroxylamine groups is 2. The van der Waals surface area contributed by atoms with Crippen molar-refractivity contribution in [1.29, 1.82) is 0 Å². The molecular weight excluding hydrogens is 578 g/mol. The molecule has 2 aliphatic rings. The summed E-state index contributed by atoms with van der Waals surface area (Å²) in [5.74, 6) is -2.36. The maximum atomic E-state index is 12.7. The number of rotatable bonds is 7. The summed E-state index contributed by atoms with van der Waals surface area (Å²) in [5.41, 5.74) is 6.45. The summed E-state index contributed by atoms with van der Waals surface area (Å²) in [5, 5.41) is 5.29. The van der Waals surface area contributed by atoms with Crippen molar-refractivity contribution in [2.75, 3.05) is 6.61 Å². The summed E-state index contributed by atoms with van der Waals surface area (Å²) in [7, 11) is 0. The first kappa shape index (κ1) is 27.2. The number of nitrogens with zero attached hydrogens (tertiary/aromatic N) is 2. The van der Waals surface area contributed by atoms with E-state index in [1.165, 1.54) is 28.8 Å². The Labute approximate surface area is 255 Å². The quantitative estimate of drug-likeness (QED) is 0.220. The average Bonchev–Trinajstić information content (AvgIpc) is 3.74. The van der Waals surface area contributed by atoms with Crippen molar-refractivity contribution >= 4 is 35.2 Å². The second kappa shape index (κ2) is 11.2. The topological polar surface area (TPSA) is 115 Å². The number of aromatic nitrogens is 1. The molecule has 0 fully saturated rings. The Morgan fingerprint density at radius 2 is 1.41 bits per heavy atom. The molecule has 0 saturated heterocycles. The lowest BCUT2D eigenvalue weighted by Gasteiger charge is -2.14. The molecule has 1 aliphatic heterocycles. The first-order chi connectivity index (χ1) is 21.5. The number of amides is 3. The average molecular weight is 602 g/mol. The van der Waals surface area contributed by atoms with Gasteiger partial charge in [-0.15, -0.1) is 11.3 Å². The van der Waals surface area contributed by atoms with Crippen LogP contribution in [0.4, 0.5) is 4.79 Å². The van der Waals surface area contributed by atoms with E-state index in [9.17, 15) is 19.2 Å². The Morgan fingerprint density at radius 1 is 0.795 bits per heavy atom. The highest BCUT2D eigenvalue weighted by molar-refractivity contribution is 7.13. The number of carbonyl (C=O) groups excluding carboxylic acids is 4. The summed E-state index contributed by atoms with van der Waals surface area (Å²) in [6, 6.07) is 29.9.